The van der Waals surface area contributed by atoms with Gasteiger partial charge in [-0.15, -0.1) is 0 Å². The lowest BCUT2D eigenvalue weighted by Gasteiger charge is -2.26. The van der Waals surface area contributed by atoms with E-state index in [2.05, 4.69) is 43.2 Å². The van der Waals surface area contributed by atoms with Crippen molar-refractivity contribution in [1.82, 2.24) is 20.2 Å². The van der Waals surface area contributed by atoms with Gasteiger partial charge in [0.05, 0.1) is 0 Å². The smallest absolute Gasteiger partial charge is 0.138 e. The summed E-state index contributed by atoms with van der Waals surface area (Å²) in [6, 6.07) is 0.619. The first kappa shape index (κ1) is 16.1. The van der Waals surface area contributed by atoms with Gasteiger partial charge in [0.25, 0.3) is 0 Å². The highest BCUT2D eigenvalue weighted by atomic mass is 15.3. The minimum atomic E-state index is 0.279. The van der Waals surface area contributed by atoms with E-state index in [1.807, 2.05) is 4.68 Å². The molecule has 0 amide bonds. The van der Waals surface area contributed by atoms with E-state index in [0.29, 0.717) is 12.0 Å². The van der Waals surface area contributed by atoms with Gasteiger partial charge in [0, 0.05) is 18.5 Å². The van der Waals surface area contributed by atoms with Crippen molar-refractivity contribution in [2.45, 2.75) is 71.9 Å². The standard InChI is InChI=1S/C14H29N5/c1-5-7-12(8-6-2)13(18-15)9-14-16-10-17-19(14)11(3)4/h10-13,18H,5-9,15H2,1-4H3. The minimum absolute atomic E-state index is 0.279. The number of aromatic nitrogens is 3. The van der Waals surface area contributed by atoms with Crippen LogP contribution in [0.1, 0.15) is 65.2 Å². The molecule has 0 aliphatic carbocycles. The molecule has 0 aliphatic heterocycles. The van der Waals surface area contributed by atoms with Gasteiger partial charge >= 0.3 is 0 Å². The molecule has 0 fully saturated rings. The van der Waals surface area contributed by atoms with E-state index in [9.17, 15) is 0 Å². The molecule has 0 aromatic carbocycles. The topological polar surface area (TPSA) is 68.8 Å². The van der Waals surface area contributed by atoms with Crippen LogP contribution in [0.5, 0.6) is 0 Å². The van der Waals surface area contributed by atoms with Crippen molar-refractivity contribution in [3.8, 4) is 0 Å². The Morgan fingerprint density at radius 3 is 2.37 bits per heavy atom. The van der Waals surface area contributed by atoms with Crippen molar-refractivity contribution in [3.63, 3.8) is 0 Å². The van der Waals surface area contributed by atoms with Crippen LogP contribution >= 0.6 is 0 Å². The molecular formula is C14H29N5. The van der Waals surface area contributed by atoms with Gasteiger partial charge in [0.1, 0.15) is 12.2 Å². The lowest BCUT2D eigenvalue weighted by atomic mass is 9.88. The summed E-state index contributed by atoms with van der Waals surface area (Å²) in [5.74, 6) is 7.40. The Balaban J connectivity index is 2.76. The van der Waals surface area contributed by atoms with Crippen molar-refractivity contribution in [1.29, 1.82) is 0 Å². The van der Waals surface area contributed by atoms with Crippen LogP contribution in [0.2, 0.25) is 0 Å². The van der Waals surface area contributed by atoms with E-state index in [1.165, 1.54) is 25.7 Å². The van der Waals surface area contributed by atoms with Crippen molar-refractivity contribution in [2.24, 2.45) is 11.8 Å². The highest BCUT2D eigenvalue weighted by Crippen LogP contribution is 2.20. The summed E-state index contributed by atoms with van der Waals surface area (Å²) in [6.07, 6.45) is 7.29. The fourth-order valence-corrected chi connectivity index (χ4v) is 2.70. The maximum Gasteiger partial charge on any atom is 0.138 e. The van der Waals surface area contributed by atoms with Crippen LogP contribution in [0.4, 0.5) is 0 Å². The van der Waals surface area contributed by atoms with Crippen LogP contribution in [0.25, 0.3) is 0 Å². The van der Waals surface area contributed by atoms with Crippen molar-refractivity contribution < 1.29 is 0 Å². The number of rotatable bonds is 9. The third-order valence-electron chi connectivity index (χ3n) is 3.64. The van der Waals surface area contributed by atoms with Crippen molar-refractivity contribution in [3.05, 3.63) is 12.2 Å². The molecule has 1 unspecified atom stereocenters. The van der Waals surface area contributed by atoms with Crippen LogP contribution in [0.15, 0.2) is 6.33 Å². The lowest BCUT2D eigenvalue weighted by Crippen LogP contribution is -2.43. The molecule has 0 spiro atoms. The number of nitrogens with two attached hydrogens (primary N) is 1. The summed E-state index contributed by atoms with van der Waals surface area (Å²) in [4.78, 5) is 4.38. The molecule has 0 saturated carbocycles. The predicted octanol–water partition coefficient (Wildman–Crippen LogP) is 2.45. The maximum atomic E-state index is 5.77. The normalized spacial score (nSPS) is 13.4. The second-order valence-corrected chi connectivity index (χ2v) is 5.53. The Kier molecular flexibility index (Phi) is 7.02. The zero-order valence-electron chi connectivity index (χ0n) is 12.8. The molecule has 0 saturated heterocycles. The number of hydrazine groups is 1. The molecule has 3 N–H and O–H groups in total. The molecule has 19 heavy (non-hydrogen) atoms. The second-order valence-electron chi connectivity index (χ2n) is 5.53. The van der Waals surface area contributed by atoms with Crippen LogP contribution in [0, 0.1) is 5.92 Å². The van der Waals surface area contributed by atoms with Crippen molar-refractivity contribution >= 4 is 0 Å². The molecule has 1 heterocycles. The number of nitrogens with zero attached hydrogens (tertiary/aromatic N) is 3. The fourth-order valence-electron chi connectivity index (χ4n) is 2.70. The van der Waals surface area contributed by atoms with Crippen LogP contribution < -0.4 is 11.3 Å². The molecule has 0 bridgehead atoms. The van der Waals surface area contributed by atoms with Gasteiger partial charge in [-0.1, -0.05) is 26.7 Å². The van der Waals surface area contributed by atoms with Gasteiger partial charge in [-0.2, -0.15) is 5.10 Å². The zero-order chi connectivity index (χ0) is 14.3. The third kappa shape index (κ3) is 4.58. The van der Waals surface area contributed by atoms with E-state index in [-0.39, 0.29) is 6.04 Å². The van der Waals surface area contributed by atoms with Crippen LogP contribution in [0.3, 0.4) is 0 Å². The predicted molar refractivity (Wildman–Crippen MR) is 78.5 cm³/mol. The van der Waals surface area contributed by atoms with E-state index in [0.717, 1.165) is 12.2 Å². The number of hydrogen-bond acceptors (Lipinski definition) is 4. The number of hydrogen-bond donors (Lipinski definition) is 2. The zero-order valence-corrected chi connectivity index (χ0v) is 12.8. The summed E-state index contributed by atoms with van der Waals surface area (Å²) in [7, 11) is 0. The van der Waals surface area contributed by atoms with Crippen LogP contribution in [-0.2, 0) is 6.42 Å². The van der Waals surface area contributed by atoms with Crippen molar-refractivity contribution in [2.75, 3.05) is 0 Å². The molecule has 110 valence electrons. The molecule has 0 radical (unpaired) electrons. The lowest BCUT2D eigenvalue weighted by molar-refractivity contribution is 0.303. The Labute approximate surface area is 116 Å². The summed E-state index contributed by atoms with van der Waals surface area (Å²) in [5, 5.41) is 4.29. The Hall–Kier alpha value is -0.940. The van der Waals surface area contributed by atoms with E-state index in [4.69, 9.17) is 5.84 Å². The fraction of sp³-hybridized carbons (Fsp3) is 0.857. The highest BCUT2D eigenvalue weighted by Gasteiger charge is 2.22. The highest BCUT2D eigenvalue weighted by molar-refractivity contribution is 4.93. The SMILES string of the molecule is CCCC(CCC)C(Cc1ncnn1C(C)C)NN. The molecule has 1 atom stereocenters. The molecule has 5 nitrogen and oxygen atoms in total. The Morgan fingerprint density at radius 1 is 1.26 bits per heavy atom. The van der Waals surface area contributed by atoms with E-state index >= 15 is 0 Å². The quantitative estimate of drug-likeness (QED) is 0.532. The molecular weight excluding hydrogens is 238 g/mol. The summed E-state index contributed by atoms with van der Waals surface area (Å²) >= 11 is 0. The summed E-state index contributed by atoms with van der Waals surface area (Å²) in [6.45, 7) is 8.71. The summed E-state index contributed by atoms with van der Waals surface area (Å²) in [5.41, 5.74) is 3.00. The average molecular weight is 267 g/mol. The molecule has 0 aliphatic rings. The van der Waals surface area contributed by atoms with Crippen LogP contribution in [-0.4, -0.2) is 20.8 Å². The maximum absolute atomic E-state index is 5.77. The van der Waals surface area contributed by atoms with Gasteiger partial charge in [-0.3, -0.25) is 11.3 Å². The third-order valence-corrected chi connectivity index (χ3v) is 3.64. The molecule has 5 heteroatoms. The second kappa shape index (κ2) is 8.27. The van der Waals surface area contributed by atoms with Gasteiger partial charge in [-0.25, -0.2) is 9.67 Å². The first-order valence-corrected chi connectivity index (χ1v) is 7.48. The van der Waals surface area contributed by atoms with Gasteiger partial charge < -0.3 is 0 Å². The first-order chi connectivity index (χ1) is 9.13. The van der Waals surface area contributed by atoms with E-state index < -0.39 is 0 Å². The molecule has 1 rings (SSSR count). The Morgan fingerprint density at radius 2 is 1.89 bits per heavy atom. The average Bonchev–Trinajstić information content (AvgIpc) is 2.84. The van der Waals surface area contributed by atoms with Gasteiger partial charge in [-0.05, 0) is 32.6 Å². The Bertz CT molecular complexity index is 341. The van der Waals surface area contributed by atoms with Gasteiger partial charge in [0.15, 0.2) is 0 Å². The first-order valence-electron chi connectivity index (χ1n) is 7.48. The minimum Gasteiger partial charge on any atom is -0.271 e. The molecule has 1 aromatic rings. The summed E-state index contributed by atoms with van der Waals surface area (Å²) < 4.78 is 1.99. The van der Waals surface area contributed by atoms with Gasteiger partial charge in [0.2, 0.25) is 0 Å². The molecule has 1 aromatic heterocycles. The largest absolute Gasteiger partial charge is 0.271 e. The number of nitrogens with one attached hydrogen (secondary N) is 1. The monoisotopic (exact) mass is 267 g/mol. The van der Waals surface area contributed by atoms with E-state index in [1.54, 1.807) is 6.33 Å².